The van der Waals surface area contributed by atoms with Crippen molar-refractivity contribution >= 4 is 103 Å². The lowest BCUT2D eigenvalue weighted by Gasteiger charge is -2.16. The highest BCUT2D eigenvalue weighted by molar-refractivity contribution is 8.26. The van der Waals surface area contributed by atoms with E-state index >= 15 is 0 Å². The molecule has 84 heavy (non-hydrogen) atoms. The first-order valence-electron chi connectivity index (χ1n) is 27.1. The van der Waals surface area contributed by atoms with Crippen LogP contribution < -0.4 is 22.4 Å². The van der Waals surface area contributed by atoms with E-state index in [0.29, 0.717) is 72.2 Å². The number of nitrogens with two attached hydrogens (primary N) is 1. The fourth-order valence-corrected chi connectivity index (χ4v) is 10.1. The molecule has 5 aromatic carbocycles. The molecule has 0 atom stereocenters. The average molecular weight is 1250 g/mol. The van der Waals surface area contributed by atoms with Crippen LogP contribution in [-0.2, 0) is 48.1 Å². The number of hydrogen-bond donors (Lipinski definition) is 2. The SMILES string of the molecule is N/C(=N/O)c1ccc(F)cc1.O=C(Cl)c1ccc2c(=O)n3c(nc2c1)CCCCCC3.O=C(Cl)c1ccc2c(=O)n3c(nc2c1)CCCCCC3.O=S(Cl)Cl.O=c1c2ccc(-c3nc(-c4ccc(F)cc4)no3)cc2nc2n1CCCCCC2. The molecular formula is C59H56Cl4F2N10O8S. The summed E-state index contributed by atoms with van der Waals surface area (Å²) in [5.41, 5.74) is 9.58. The molecule has 12 rings (SSSR count). The van der Waals surface area contributed by atoms with E-state index in [1.165, 1.54) is 55.7 Å². The van der Waals surface area contributed by atoms with Gasteiger partial charge in [0.1, 0.15) is 29.1 Å². The lowest BCUT2D eigenvalue weighted by Crippen LogP contribution is -2.26. The zero-order chi connectivity index (χ0) is 59.9. The predicted molar refractivity (Wildman–Crippen MR) is 322 cm³/mol. The minimum Gasteiger partial charge on any atom is -0.409 e. The maximum absolute atomic E-state index is 13.1. The first-order chi connectivity index (χ1) is 40.5. The van der Waals surface area contributed by atoms with Crippen molar-refractivity contribution < 1.29 is 32.3 Å². The van der Waals surface area contributed by atoms with Crippen molar-refractivity contribution in [3.05, 3.63) is 180 Å². The van der Waals surface area contributed by atoms with Gasteiger partial charge in [-0.05, 0) is 165 Å². The number of nitrogens with zero attached hydrogens (tertiary/aromatic N) is 9. The molecule has 25 heteroatoms. The fourth-order valence-electron chi connectivity index (χ4n) is 9.90. The van der Waals surface area contributed by atoms with Gasteiger partial charge in [0, 0.05) is 88.1 Å². The fraction of sp³-hybridized carbons (Fsp3) is 0.305. The Morgan fingerprint density at radius 1 is 0.524 bits per heavy atom. The number of fused-ring (bicyclic) bond motifs is 6. The Labute approximate surface area is 500 Å². The Hall–Kier alpha value is -7.56. The van der Waals surface area contributed by atoms with E-state index in [9.17, 15) is 32.8 Å². The topological polar surface area (TPSA) is 253 Å². The molecule has 0 radical (unpaired) electrons. The summed E-state index contributed by atoms with van der Waals surface area (Å²) in [4.78, 5) is 78.8. The smallest absolute Gasteiger partial charge is 0.261 e. The lowest BCUT2D eigenvalue weighted by atomic mass is 10.1. The molecule has 0 saturated carbocycles. The van der Waals surface area contributed by atoms with Gasteiger partial charge in [0.2, 0.25) is 15.1 Å². The molecule has 0 unspecified atom stereocenters. The third-order valence-corrected chi connectivity index (χ3v) is 14.6. The zero-order valence-corrected chi connectivity index (χ0v) is 49.0. The average Bonchev–Trinajstić information content (AvgIpc) is 3.59. The summed E-state index contributed by atoms with van der Waals surface area (Å²) in [5, 5.41) is 15.6. The molecule has 0 bridgehead atoms. The summed E-state index contributed by atoms with van der Waals surface area (Å²) < 4.78 is 45.3. The van der Waals surface area contributed by atoms with Crippen LogP contribution in [0.2, 0.25) is 0 Å². The van der Waals surface area contributed by atoms with E-state index in [-0.39, 0.29) is 34.1 Å². The number of aromatic nitrogens is 8. The van der Waals surface area contributed by atoms with Gasteiger partial charge in [-0.3, -0.25) is 37.7 Å². The van der Waals surface area contributed by atoms with Crippen LogP contribution in [0, 0.1) is 11.6 Å². The van der Waals surface area contributed by atoms with Gasteiger partial charge in [-0.1, -0.05) is 48.8 Å². The maximum Gasteiger partial charge on any atom is 0.261 e. The van der Waals surface area contributed by atoms with Crippen molar-refractivity contribution in [1.29, 1.82) is 0 Å². The Morgan fingerprint density at radius 3 is 1.29 bits per heavy atom. The molecule has 3 aliphatic heterocycles. The highest BCUT2D eigenvalue weighted by atomic mass is 36.0. The van der Waals surface area contributed by atoms with E-state index in [4.69, 9.17) is 47.9 Å². The van der Waals surface area contributed by atoms with Crippen molar-refractivity contribution in [2.45, 2.75) is 116 Å². The molecule has 438 valence electrons. The molecule has 0 amide bonds. The van der Waals surface area contributed by atoms with E-state index in [0.717, 1.165) is 114 Å². The molecule has 3 aliphatic rings. The molecule has 9 aromatic rings. The first-order valence-corrected chi connectivity index (χ1v) is 30.6. The zero-order valence-electron chi connectivity index (χ0n) is 45.1. The number of aryl methyl sites for hydroxylation is 3. The summed E-state index contributed by atoms with van der Waals surface area (Å²) in [6.07, 6.45) is 15.6. The van der Waals surface area contributed by atoms with E-state index in [2.05, 4.69) is 46.6 Å². The van der Waals surface area contributed by atoms with Gasteiger partial charge in [0.05, 0.1) is 32.7 Å². The van der Waals surface area contributed by atoms with Crippen LogP contribution >= 0.6 is 44.6 Å². The van der Waals surface area contributed by atoms with E-state index in [1.54, 1.807) is 69.8 Å². The van der Waals surface area contributed by atoms with Crippen LogP contribution in [0.25, 0.3) is 55.6 Å². The normalized spacial score (nSPS) is 14.2. The van der Waals surface area contributed by atoms with Gasteiger partial charge in [-0.15, -0.1) is 0 Å². The quantitative estimate of drug-likeness (QED) is 0.0534. The number of amidine groups is 1. The molecule has 0 fully saturated rings. The van der Waals surface area contributed by atoms with Crippen LogP contribution in [0.15, 0.2) is 127 Å². The van der Waals surface area contributed by atoms with Crippen LogP contribution in [0.1, 0.15) is 121 Å². The number of hydrogen-bond acceptors (Lipinski definition) is 14. The Bertz CT molecular complexity index is 3960. The van der Waals surface area contributed by atoms with Crippen LogP contribution in [0.3, 0.4) is 0 Å². The standard InChI is InChI=1S/C22H19FN4O2.2C15H15ClN2O2.C7H7FN2O.Cl2OS/c23-16-9-6-14(7-10-16)20-25-21(29-26-20)15-8-11-17-18(13-15)24-19-5-3-1-2-4-12-27(19)22(17)28;2*16-14(19)10-6-7-11-12(9-10)17-13-5-3-1-2-4-8-18(13)15(11)20;8-6-3-1-5(2-4-6)7(9)10-11;1-4(2)3/h6-11,13H,1-5,12H2;2*6-7,9H,1-5,8H2;1-4,11H,(H2,9,10);. The minimum absolute atomic E-state index is 0.0102. The second kappa shape index (κ2) is 29.8. The highest BCUT2D eigenvalue weighted by Gasteiger charge is 2.19. The molecule has 4 aromatic heterocycles. The molecule has 0 saturated heterocycles. The highest BCUT2D eigenvalue weighted by Crippen LogP contribution is 2.26. The minimum atomic E-state index is -1.67. The molecule has 3 N–H and O–H groups in total. The lowest BCUT2D eigenvalue weighted by molar-refractivity contribution is 0.107. The van der Waals surface area contributed by atoms with E-state index < -0.39 is 19.7 Å². The summed E-state index contributed by atoms with van der Waals surface area (Å²) in [6.45, 7) is 2.18. The van der Waals surface area contributed by atoms with Gasteiger partial charge in [-0.2, -0.15) is 4.98 Å². The molecule has 7 heterocycles. The first kappa shape index (κ1) is 62.5. The number of rotatable bonds is 5. The second-order valence-corrected chi connectivity index (χ2v) is 23.0. The van der Waals surface area contributed by atoms with Gasteiger partial charge < -0.3 is 15.5 Å². The van der Waals surface area contributed by atoms with Crippen molar-refractivity contribution in [3.8, 4) is 22.8 Å². The van der Waals surface area contributed by atoms with Gasteiger partial charge in [0.15, 0.2) is 5.84 Å². The van der Waals surface area contributed by atoms with Crippen molar-refractivity contribution in [3.63, 3.8) is 0 Å². The Balaban J connectivity index is 0.000000149. The summed E-state index contributed by atoms with van der Waals surface area (Å²) >= 11 is 11.0. The van der Waals surface area contributed by atoms with Crippen LogP contribution in [0.5, 0.6) is 0 Å². The Kier molecular flexibility index (Phi) is 22.2. The Morgan fingerprint density at radius 2 is 0.881 bits per heavy atom. The molecule has 0 spiro atoms. The molecule has 0 aliphatic carbocycles. The monoisotopic (exact) mass is 1240 g/mol. The van der Waals surface area contributed by atoms with E-state index in [1.807, 2.05) is 10.6 Å². The largest absolute Gasteiger partial charge is 0.409 e. The number of halogens is 6. The molecule has 18 nitrogen and oxygen atoms in total. The number of benzene rings is 5. The van der Waals surface area contributed by atoms with Crippen molar-refractivity contribution in [1.82, 2.24) is 38.8 Å². The predicted octanol–water partition coefficient (Wildman–Crippen LogP) is 12.1. The van der Waals surface area contributed by atoms with Gasteiger partial charge in [-0.25, -0.2) is 27.9 Å². The van der Waals surface area contributed by atoms with Crippen molar-refractivity contribution in [2.75, 3.05) is 0 Å². The summed E-state index contributed by atoms with van der Waals surface area (Å²) in [7, 11) is 7.36. The maximum atomic E-state index is 13.1. The third kappa shape index (κ3) is 16.2. The van der Waals surface area contributed by atoms with Crippen LogP contribution in [-0.4, -0.2) is 64.5 Å². The van der Waals surface area contributed by atoms with Crippen LogP contribution in [0.4, 0.5) is 8.78 Å². The second-order valence-electron chi connectivity index (χ2n) is 19.8. The number of carbonyl (C=O) groups excluding carboxylic acids is 2. The van der Waals surface area contributed by atoms with Crippen molar-refractivity contribution in [2.24, 2.45) is 10.9 Å². The third-order valence-electron chi connectivity index (χ3n) is 14.2. The number of carbonyl (C=O) groups is 2. The van der Waals surface area contributed by atoms with Gasteiger partial charge >= 0.3 is 0 Å². The van der Waals surface area contributed by atoms with Gasteiger partial charge in [0.25, 0.3) is 33.1 Å². The number of oxime groups is 1. The summed E-state index contributed by atoms with van der Waals surface area (Å²) in [5.74, 6) is 2.51. The molecular weight excluding hydrogens is 1190 g/mol. The summed E-state index contributed by atoms with van der Waals surface area (Å²) in [6, 6.07) is 26.3.